The molecule has 0 aliphatic heterocycles. The minimum atomic E-state index is -1.25. The Bertz CT molecular complexity index is 1560. The van der Waals surface area contributed by atoms with Crippen molar-refractivity contribution in [3.8, 4) is 5.75 Å². The van der Waals surface area contributed by atoms with Crippen LogP contribution in [0.1, 0.15) is 38.9 Å². The van der Waals surface area contributed by atoms with Gasteiger partial charge in [0.2, 0.25) is 5.91 Å². The molecule has 2 amide bonds. The molecule has 0 aliphatic rings. The number of anilines is 1. The lowest BCUT2D eigenvalue weighted by molar-refractivity contribution is -0.117. The van der Waals surface area contributed by atoms with Gasteiger partial charge < -0.3 is 20.5 Å². The van der Waals surface area contributed by atoms with E-state index in [9.17, 15) is 19.5 Å². The summed E-state index contributed by atoms with van der Waals surface area (Å²) in [6.45, 7) is 3.39. The number of benzene rings is 3. The van der Waals surface area contributed by atoms with Crippen molar-refractivity contribution in [1.29, 1.82) is 0 Å². The van der Waals surface area contributed by atoms with Crippen LogP contribution in [0.3, 0.4) is 0 Å². The van der Waals surface area contributed by atoms with E-state index in [1.54, 1.807) is 24.3 Å². The number of pyridine rings is 1. The molecule has 0 saturated heterocycles. The minimum Gasteiger partial charge on any atom is -0.487 e. The molecule has 0 spiro atoms. The van der Waals surface area contributed by atoms with E-state index in [1.807, 2.05) is 31.2 Å². The minimum absolute atomic E-state index is 0.0222. The highest BCUT2D eigenvalue weighted by molar-refractivity contribution is 6.38. The number of carboxylic acid groups (broad SMARTS) is 1. The zero-order valence-corrected chi connectivity index (χ0v) is 21.9. The Kier molecular flexibility index (Phi) is 8.14. The van der Waals surface area contributed by atoms with E-state index >= 15 is 0 Å². The average molecular weight is 552 g/mol. The normalized spacial score (nSPS) is 11.6. The Hall–Kier alpha value is -4.14. The molecule has 3 aromatic carbocycles. The Morgan fingerprint density at radius 2 is 1.71 bits per heavy atom. The summed E-state index contributed by atoms with van der Waals surface area (Å²) in [5, 5.41) is 16.0. The third kappa shape index (κ3) is 5.88. The number of aryl methyl sites for hydroxylation is 1. The second-order valence-corrected chi connectivity index (χ2v) is 9.28. The van der Waals surface area contributed by atoms with Crippen LogP contribution in [-0.2, 0) is 11.4 Å². The first-order chi connectivity index (χ1) is 18.2. The van der Waals surface area contributed by atoms with Gasteiger partial charge in [-0.3, -0.25) is 9.59 Å². The van der Waals surface area contributed by atoms with Crippen molar-refractivity contribution < 1.29 is 24.2 Å². The van der Waals surface area contributed by atoms with E-state index in [-0.39, 0.29) is 28.4 Å². The van der Waals surface area contributed by atoms with E-state index in [1.165, 1.54) is 25.1 Å². The zero-order chi connectivity index (χ0) is 27.4. The predicted octanol–water partition coefficient (Wildman–Crippen LogP) is 5.88. The summed E-state index contributed by atoms with van der Waals surface area (Å²) in [6, 6.07) is 17.3. The number of fused-ring (bicyclic) bond motifs is 1. The number of nitrogens with zero attached hydrogens (tertiary/aromatic N) is 1. The first kappa shape index (κ1) is 26.9. The molecule has 0 aliphatic carbocycles. The molecular formula is C28H23Cl2N3O5. The van der Waals surface area contributed by atoms with Gasteiger partial charge >= 0.3 is 5.97 Å². The van der Waals surface area contributed by atoms with Gasteiger partial charge in [-0.15, -0.1) is 0 Å². The van der Waals surface area contributed by atoms with Crippen LogP contribution < -0.4 is 15.4 Å². The van der Waals surface area contributed by atoms with Gasteiger partial charge in [0.15, 0.2) is 0 Å². The fourth-order valence-corrected chi connectivity index (χ4v) is 4.29. The van der Waals surface area contributed by atoms with E-state index in [2.05, 4.69) is 15.6 Å². The second-order valence-electron chi connectivity index (χ2n) is 8.49. The summed E-state index contributed by atoms with van der Waals surface area (Å²) in [5.74, 6) is -1.94. The molecule has 194 valence electrons. The molecule has 0 saturated carbocycles. The highest BCUT2D eigenvalue weighted by Crippen LogP contribution is 2.34. The van der Waals surface area contributed by atoms with Crippen LogP contribution in [0.4, 0.5) is 5.69 Å². The molecular weight excluding hydrogens is 529 g/mol. The van der Waals surface area contributed by atoms with Crippen LogP contribution >= 0.6 is 23.2 Å². The average Bonchev–Trinajstić information content (AvgIpc) is 2.90. The summed E-state index contributed by atoms with van der Waals surface area (Å²) in [4.78, 5) is 41.4. The topological polar surface area (TPSA) is 118 Å². The summed E-state index contributed by atoms with van der Waals surface area (Å²) in [6.07, 6.45) is 0. The fraction of sp³-hybridized carbons (Fsp3) is 0.143. The van der Waals surface area contributed by atoms with Gasteiger partial charge in [0, 0.05) is 21.7 Å². The summed E-state index contributed by atoms with van der Waals surface area (Å²) >= 11 is 13.0. The number of hydrogen-bond acceptors (Lipinski definition) is 5. The largest absolute Gasteiger partial charge is 0.487 e. The molecule has 0 fully saturated rings. The van der Waals surface area contributed by atoms with Crippen molar-refractivity contribution in [3.05, 3.63) is 99.2 Å². The van der Waals surface area contributed by atoms with Crippen molar-refractivity contribution in [2.24, 2.45) is 0 Å². The van der Waals surface area contributed by atoms with Crippen molar-refractivity contribution in [2.45, 2.75) is 26.5 Å². The number of hydrogen-bond donors (Lipinski definition) is 3. The molecule has 1 atom stereocenters. The van der Waals surface area contributed by atoms with Crippen LogP contribution in [0.15, 0.2) is 66.7 Å². The SMILES string of the molecule is Cc1ccc2cccc(OCc3c(Cl)ccc(NC(=O)C(C)NC(=O)c4ccccc4C(=O)O)c3Cl)c2n1. The number of para-hydroxylation sites is 1. The molecule has 8 nitrogen and oxygen atoms in total. The maximum Gasteiger partial charge on any atom is 0.336 e. The van der Waals surface area contributed by atoms with Crippen molar-refractivity contribution in [3.63, 3.8) is 0 Å². The molecule has 10 heteroatoms. The summed E-state index contributed by atoms with van der Waals surface area (Å²) in [5.41, 5.74) is 2.07. The highest BCUT2D eigenvalue weighted by Gasteiger charge is 2.22. The Morgan fingerprint density at radius 3 is 2.45 bits per heavy atom. The first-order valence-corrected chi connectivity index (χ1v) is 12.3. The third-order valence-electron chi connectivity index (χ3n) is 5.78. The number of nitrogens with one attached hydrogen (secondary N) is 2. The maximum absolute atomic E-state index is 12.8. The number of carbonyl (C=O) groups excluding carboxylic acids is 2. The van der Waals surface area contributed by atoms with Crippen LogP contribution in [0.25, 0.3) is 10.9 Å². The lowest BCUT2D eigenvalue weighted by Crippen LogP contribution is -2.42. The van der Waals surface area contributed by atoms with Gasteiger partial charge in [-0.2, -0.15) is 0 Å². The predicted molar refractivity (Wildman–Crippen MR) is 146 cm³/mol. The first-order valence-electron chi connectivity index (χ1n) is 11.6. The summed E-state index contributed by atoms with van der Waals surface area (Å²) < 4.78 is 6.01. The molecule has 1 heterocycles. The monoisotopic (exact) mass is 551 g/mol. The third-order valence-corrected chi connectivity index (χ3v) is 6.57. The van der Waals surface area contributed by atoms with E-state index < -0.39 is 23.8 Å². The zero-order valence-electron chi connectivity index (χ0n) is 20.4. The Morgan fingerprint density at radius 1 is 0.974 bits per heavy atom. The van der Waals surface area contributed by atoms with Crippen molar-refractivity contribution >= 4 is 57.6 Å². The van der Waals surface area contributed by atoms with Gasteiger partial charge in [-0.1, -0.05) is 53.5 Å². The number of aromatic carboxylic acids is 1. The molecule has 1 unspecified atom stereocenters. The van der Waals surface area contributed by atoms with E-state index in [0.29, 0.717) is 21.9 Å². The van der Waals surface area contributed by atoms with Crippen LogP contribution in [-0.4, -0.2) is 33.9 Å². The number of halogens is 2. The molecule has 0 radical (unpaired) electrons. The van der Waals surface area contributed by atoms with Gasteiger partial charge in [0.25, 0.3) is 5.91 Å². The second kappa shape index (κ2) is 11.5. The molecule has 1 aromatic heterocycles. The molecule has 4 aromatic rings. The van der Waals surface area contributed by atoms with Crippen molar-refractivity contribution in [1.82, 2.24) is 10.3 Å². The van der Waals surface area contributed by atoms with Gasteiger partial charge in [-0.05, 0) is 50.2 Å². The maximum atomic E-state index is 12.8. The Labute approximate surface area is 228 Å². The van der Waals surface area contributed by atoms with Crippen LogP contribution in [0.2, 0.25) is 10.0 Å². The van der Waals surface area contributed by atoms with Crippen LogP contribution in [0, 0.1) is 6.92 Å². The quantitative estimate of drug-likeness (QED) is 0.251. The van der Waals surface area contributed by atoms with E-state index in [4.69, 9.17) is 27.9 Å². The van der Waals surface area contributed by atoms with E-state index in [0.717, 1.165) is 11.1 Å². The lowest BCUT2D eigenvalue weighted by Gasteiger charge is -2.17. The number of carbonyl (C=O) groups is 3. The smallest absolute Gasteiger partial charge is 0.336 e. The standard InChI is InChI=1S/C28H23Cl2N3O5/c1-15-10-11-17-6-5-9-23(25(17)31-15)38-14-20-21(29)12-13-22(24(20)30)33-26(34)16(2)32-27(35)18-7-3-4-8-19(18)28(36)37/h3-13,16H,14H2,1-2H3,(H,32,35)(H,33,34)(H,36,37). The molecule has 4 rings (SSSR count). The molecule has 0 bridgehead atoms. The molecule has 3 N–H and O–H groups in total. The summed E-state index contributed by atoms with van der Waals surface area (Å²) in [7, 11) is 0. The highest BCUT2D eigenvalue weighted by atomic mass is 35.5. The Balaban J connectivity index is 1.48. The number of amides is 2. The van der Waals surface area contributed by atoms with Gasteiger partial charge in [-0.25, -0.2) is 9.78 Å². The van der Waals surface area contributed by atoms with Crippen molar-refractivity contribution in [2.75, 3.05) is 5.32 Å². The number of aromatic nitrogens is 1. The van der Waals surface area contributed by atoms with Gasteiger partial charge in [0.1, 0.15) is 23.9 Å². The number of carboxylic acids is 1. The number of ether oxygens (including phenoxy) is 1. The lowest BCUT2D eigenvalue weighted by atomic mass is 10.1. The molecule has 38 heavy (non-hydrogen) atoms. The van der Waals surface area contributed by atoms with Gasteiger partial charge in [0.05, 0.1) is 21.8 Å². The van der Waals surface area contributed by atoms with Crippen LogP contribution in [0.5, 0.6) is 5.75 Å². The number of rotatable bonds is 8. The fourth-order valence-electron chi connectivity index (χ4n) is 3.76.